The molecule has 3 nitrogen and oxygen atoms in total. The number of anilines is 3. The number of hydrogen-bond acceptors (Lipinski definition) is 1. The topological polar surface area (TPSA) is 13.1 Å². The Morgan fingerprint density at radius 2 is 0.980 bits per heavy atom. The molecule has 0 spiro atoms. The van der Waals surface area contributed by atoms with Crippen molar-refractivity contribution in [2.24, 2.45) is 0 Å². The van der Waals surface area contributed by atoms with Crippen LogP contribution in [0.3, 0.4) is 0 Å². The SMILES string of the molecule is CC(C)(C)c1ccc(N(c2ccc(-n3c4ccccc4c4c5c(ccc43)ccn5-c3ccccc3)cc2)c2ccc(C(C)(C)C)cc2)cc1. The van der Waals surface area contributed by atoms with Crippen molar-refractivity contribution in [3.05, 3.63) is 163 Å². The summed E-state index contributed by atoms with van der Waals surface area (Å²) in [5, 5.41) is 3.76. The summed E-state index contributed by atoms with van der Waals surface area (Å²) in [4.78, 5) is 2.37. The molecule has 242 valence electrons. The zero-order valence-corrected chi connectivity index (χ0v) is 29.3. The van der Waals surface area contributed by atoms with Gasteiger partial charge in [0.25, 0.3) is 0 Å². The summed E-state index contributed by atoms with van der Waals surface area (Å²) in [6.45, 7) is 13.6. The summed E-state index contributed by atoms with van der Waals surface area (Å²) in [6.07, 6.45) is 2.19. The molecule has 8 rings (SSSR count). The minimum absolute atomic E-state index is 0.0932. The van der Waals surface area contributed by atoms with Crippen LogP contribution in [0.15, 0.2) is 152 Å². The molecule has 2 heterocycles. The van der Waals surface area contributed by atoms with E-state index in [9.17, 15) is 0 Å². The summed E-state index contributed by atoms with van der Waals surface area (Å²) in [5.74, 6) is 0. The average Bonchev–Trinajstić information content (AvgIpc) is 3.68. The second kappa shape index (κ2) is 11.6. The molecule has 0 aliphatic rings. The second-order valence-corrected chi connectivity index (χ2v) is 15.2. The highest BCUT2D eigenvalue weighted by atomic mass is 15.1. The lowest BCUT2D eigenvalue weighted by Crippen LogP contribution is -2.14. The van der Waals surface area contributed by atoms with Gasteiger partial charge in [-0.1, -0.05) is 108 Å². The number of fused-ring (bicyclic) bond motifs is 5. The maximum absolute atomic E-state index is 2.41. The van der Waals surface area contributed by atoms with Crippen molar-refractivity contribution in [2.75, 3.05) is 4.90 Å². The first kappa shape index (κ1) is 30.8. The number of hydrogen-bond donors (Lipinski definition) is 0. The van der Waals surface area contributed by atoms with E-state index in [4.69, 9.17) is 0 Å². The number of rotatable bonds is 5. The average molecular weight is 638 g/mol. The zero-order valence-electron chi connectivity index (χ0n) is 29.3. The lowest BCUT2D eigenvalue weighted by atomic mass is 9.86. The number of nitrogens with zero attached hydrogens (tertiary/aromatic N) is 3. The van der Waals surface area contributed by atoms with Gasteiger partial charge in [-0.3, -0.25) is 0 Å². The smallest absolute Gasteiger partial charge is 0.0628 e. The first-order valence-electron chi connectivity index (χ1n) is 17.3. The summed E-state index contributed by atoms with van der Waals surface area (Å²) < 4.78 is 4.74. The molecule has 0 saturated heterocycles. The molecule has 0 fully saturated rings. The molecule has 49 heavy (non-hydrogen) atoms. The number of benzene rings is 6. The van der Waals surface area contributed by atoms with Crippen LogP contribution in [0, 0.1) is 0 Å². The van der Waals surface area contributed by atoms with Crippen molar-refractivity contribution >= 4 is 49.8 Å². The lowest BCUT2D eigenvalue weighted by Gasteiger charge is -2.28. The van der Waals surface area contributed by atoms with E-state index in [1.165, 1.54) is 43.8 Å². The van der Waals surface area contributed by atoms with Gasteiger partial charge in [0.1, 0.15) is 0 Å². The van der Waals surface area contributed by atoms with Gasteiger partial charge in [-0.25, -0.2) is 0 Å². The fraction of sp³-hybridized carbons (Fsp3) is 0.174. The van der Waals surface area contributed by atoms with Crippen molar-refractivity contribution in [3.63, 3.8) is 0 Å². The van der Waals surface area contributed by atoms with Gasteiger partial charge >= 0.3 is 0 Å². The fourth-order valence-corrected chi connectivity index (χ4v) is 7.18. The molecule has 0 saturated carbocycles. The Hall–Kier alpha value is -5.54. The summed E-state index contributed by atoms with van der Waals surface area (Å²) in [7, 11) is 0. The van der Waals surface area contributed by atoms with Gasteiger partial charge in [-0.2, -0.15) is 0 Å². The van der Waals surface area contributed by atoms with E-state index < -0.39 is 0 Å². The van der Waals surface area contributed by atoms with Crippen LogP contribution < -0.4 is 4.90 Å². The van der Waals surface area contributed by atoms with Crippen LogP contribution in [-0.2, 0) is 10.8 Å². The van der Waals surface area contributed by atoms with Gasteiger partial charge in [0.2, 0.25) is 0 Å². The van der Waals surface area contributed by atoms with E-state index in [0.717, 1.165) is 28.4 Å². The molecule has 2 aromatic heterocycles. The lowest BCUT2D eigenvalue weighted by molar-refractivity contribution is 0.590. The van der Waals surface area contributed by atoms with E-state index in [1.54, 1.807) is 0 Å². The molecule has 6 aromatic carbocycles. The third kappa shape index (κ3) is 5.40. The van der Waals surface area contributed by atoms with E-state index in [2.05, 4.69) is 207 Å². The molecular weight excluding hydrogens is 595 g/mol. The Kier molecular flexibility index (Phi) is 7.26. The van der Waals surface area contributed by atoms with Crippen LogP contribution >= 0.6 is 0 Å². The van der Waals surface area contributed by atoms with Crippen LogP contribution in [0.4, 0.5) is 17.1 Å². The quantitative estimate of drug-likeness (QED) is 0.183. The van der Waals surface area contributed by atoms with Gasteiger partial charge in [0.15, 0.2) is 0 Å². The standard InChI is InChI=1S/C46H43N3/c1-45(2,3)33-17-21-36(22-18-33)48(37-23-19-34(20-24-37)46(4,5)6)38-25-27-39(28-26-38)49-41-15-11-10-14-40(41)43-42(49)29-16-32-30-31-47(44(32)43)35-12-8-7-9-13-35/h7-31H,1-6H3. The third-order valence-corrected chi connectivity index (χ3v) is 9.87. The molecule has 0 atom stereocenters. The highest BCUT2D eigenvalue weighted by molar-refractivity contribution is 6.20. The summed E-state index contributed by atoms with van der Waals surface area (Å²) in [5.41, 5.74) is 12.2. The second-order valence-electron chi connectivity index (χ2n) is 15.2. The molecular formula is C46H43N3. The molecule has 0 bridgehead atoms. The molecule has 0 N–H and O–H groups in total. The predicted molar refractivity (Wildman–Crippen MR) is 210 cm³/mol. The maximum Gasteiger partial charge on any atom is 0.0628 e. The maximum atomic E-state index is 2.41. The van der Waals surface area contributed by atoms with E-state index in [1.807, 2.05) is 0 Å². The Morgan fingerprint density at radius 1 is 0.449 bits per heavy atom. The van der Waals surface area contributed by atoms with Gasteiger partial charge in [-0.15, -0.1) is 0 Å². The van der Waals surface area contributed by atoms with Crippen molar-refractivity contribution in [1.29, 1.82) is 0 Å². The third-order valence-electron chi connectivity index (χ3n) is 9.87. The van der Waals surface area contributed by atoms with Gasteiger partial charge < -0.3 is 14.0 Å². The van der Waals surface area contributed by atoms with Gasteiger partial charge in [0, 0.05) is 50.8 Å². The summed E-state index contributed by atoms with van der Waals surface area (Å²) in [6, 6.07) is 53.3. The largest absolute Gasteiger partial charge is 0.316 e. The van der Waals surface area contributed by atoms with Crippen molar-refractivity contribution in [2.45, 2.75) is 52.4 Å². The van der Waals surface area contributed by atoms with Gasteiger partial charge in [0.05, 0.1) is 16.6 Å². The van der Waals surface area contributed by atoms with Crippen LogP contribution in [0.25, 0.3) is 44.1 Å². The Morgan fingerprint density at radius 3 is 1.55 bits per heavy atom. The highest BCUT2D eigenvalue weighted by Crippen LogP contribution is 2.40. The molecule has 0 aliphatic heterocycles. The first-order valence-corrected chi connectivity index (χ1v) is 17.3. The Balaban J connectivity index is 1.27. The van der Waals surface area contributed by atoms with E-state index in [-0.39, 0.29) is 10.8 Å². The van der Waals surface area contributed by atoms with Crippen LogP contribution in [0.1, 0.15) is 52.7 Å². The molecule has 3 heteroatoms. The van der Waals surface area contributed by atoms with Crippen molar-refractivity contribution in [1.82, 2.24) is 9.13 Å². The minimum atomic E-state index is 0.0932. The van der Waals surface area contributed by atoms with Crippen LogP contribution in [-0.4, -0.2) is 9.13 Å². The highest BCUT2D eigenvalue weighted by Gasteiger charge is 2.20. The van der Waals surface area contributed by atoms with E-state index >= 15 is 0 Å². The predicted octanol–water partition coefficient (Wildman–Crippen LogP) is 12.8. The van der Waals surface area contributed by atoms with Crippen LogP contribution in [0.2, 0.25) is 0 Å². The fourth-order valence-electron chi connectivity index (χ4n) is 7.18. The Labute approximate surface area is 289 Å². The molecule has 0 unspecified atom stereocenters. The van der Waals surface area contributed by atoms with Crippen molar-refractivity contribution in [3.8, 4) is 11.4 Å². The number of aromatic nitrogens is 2. The van der Waals surface area contributed by atoms with Gasteiger partial charge in [-0.05, 0) is 101 Å². The Bertz CT molecular complexity index is 2350. The van der Waals surface area contributed by atoms with Crippen molar-refractivity contribution < 1.29 is 0 Å². The van der Waals surface area contributed by atoms with Crippen LogP contribution in [0.5, 0.6) is 0 Å². The first-order chi connectivity index (χ1) is 23.6. The molecule has 0 amide bonds. The minimum Gasteiger partial charge on any atom is -0.316 e. The normalized spacial score (nSPS) is 12.3. The van der Waals surface area contributed by atoms with E-state index in [0.29, 0.717) is 0 Å². The molecule has 8 aromatic rings. The zero-order chi connectivity index (χ0) is 33.9. The number of para-hydroxylation sites is 2. The molecule has 0 radical (unpaired) electrons. The monoisotopic (exact) mass is 637 g/mol. The summed E-state index contributed by atoms with van der Waals surface area (Å²) >= 11 is 0. The molecule has 0 aliphatic carbocycles.